The summed E-state index contributed by atoms with van der Waals surface area (Å²) in [7, 11) is 0. The van der Waals surface area contributed by atoms with Crippen LogP contribution in [-0.2, 0) is 0 Å². The van der Waals surface area contributed by atoms with Crippen LogP contribution in [0.4, 0.5) is 33.4 Å². The van der Waals surface area contributed by atoms with E-state index >= 15 is 0 Å². The van der Waals surface area contributed by atoms with Crippen LogP contribution >= 0.6 is 11.3 Å². The average molecular weight is 871 g/mol. The molecule has 2 heterocycles. The number of thiophene rings is 1. The number of rotatable bonds is 11. The number of nitrogens with zero attached hydrogens (tertiary/aromatic N) is 2. The fourth-order valence-electron chi connectivity index (χ4n) is 8.87. The number of anilines is 6. The third-order valence-electron chi connectivity index (χ3n) is 12.2. The summed E-state index contributed by atoms with van der Waals surface area (Å²) >= 11 is 1.71. The minimum Gasteiger partial charge on any atom is -0.485 e. The molecule has 1 aliphatic rings. The Labute approximate surface area is 390 Å². The van der Waals surface area contributed by atoms with E-state index in [1.165, 1.54) is 33.4 Å². The van der Waals surface area contributed by atoms with Crippen molar-refractivity contribution in [1.29, 1.82) is 0 Å². The Bertz CT molecular complexity index is 3040. The molecule has 0 aliphatic carbocycles. The predicted octanol–water partition coefficient (Wildman–Crippen LogP) is 17.1. The van der Waals surface area contributed by atoms with Gasteiger partial charge in [0.05, 0.1) is 4.88 Å². The fraction of sp³-hybridized carbons (Fsp3) is 0.0492. The van der Waals surface area contributed by atoms with Crippen molar-refractivity contribution in [2.45, 2.75) is 6.92 Å². The van der Waals surface area contributed by atoms with Gasteiger partial charge in [-0.15, -0.1) is 11.3 Å². The van der Waals surface area contributed by atoms with Crippen LogP contribution in [0.25, 0.3) is 54.9 Å². The molecule has 0 radical (unpaired) electrons. The van der Waals surface area contributed by atoms with Crippen molar-refractivity contribution in [3.05, 3.63) is 242 Å². The van der Waals surface area contributed by atoms with Crippen LogP contribution in [0.3, 0.4) is 0 Å². The molecule has 0 saturated carbocycles. The van der Waals surface area contributed by atoms with Crippen molar-refractivity contribution in [2.24, 2.45) is 0 Å². The van der Waals surface area contributed by atoms with Crippen molar-refractivity contribution in [1.82, 2.24) is 0 Å². The molecule has 9 aromatic carbocycles. The maximum atomic E-state index is 6.60. The Morgan fingerprint density at radius 2 is 0.652 bits per heavy atom. The highest BCUT2D eigenvalue weighted by molar-refractivity contribution is 7.20. The van der Waals surface area contributed by atoms with Crippen LogP contribution in [0.1, 0.15) is 5.56 Å². The topological polar surface area (TPSA) is 24.9 Å². The third kappa shape index (κ3) is 8.13. The summed E-state index contributed by atoms with van der Waals surface area (Å²) in [4.78, 5) is 5.70. The number of fused-ring (bicyclic) bond motifs is 1. The number of aryl methyl sites for hydroxylation is 1. The van der Waals surface area contributed by atoms with Gasteiger partial charge in [0, 0.05) is 28.4 Å². The molecule has 1 aromatic heterocycles. The quantitative estimate of drug-likeness (QED) is 0.129. The standard InChI is InChI=1S/C61H46N2O2S/c1-43-42-56(62(52-30-22-48(23-31-52)44-14-6-2-7-15-44)53-32-24-49(25-33-53)45-16-8-3-9-17-45)38-39-57(43)60-58-59(65-41-40-64-58)61(66-60)63(54-34-26-50(27-35-54)46-18-10-4-11-19-46)55-36-28-51(29-37-55)47-20-12-5-13-21-47/h2-39,42H,40-41H2,1H3. The SMILES string of the molecule is Cc1cc(N(c2ccc(-c3ccccc3)cc2)c2ccc(-c3ccccc3)cc2)ccc1-c1sc(N(c2ccc(-c3ccccc3)cc2)c2ccc(-c3ccccc3)cc2)c2c1OCCO2. The first-order chi connectivity index (χ1) is 32.6. The smallest absolute Gasteiger partial charge is 0.197 e. The highest BCUT2D eigenvalue weighted by Gasteiger charge is 2.31. The zero-order valence-electron chi connectivity index (χ0n) is 36.6. The highest BCUT2D eigenvalue weighted by atomic mass is 32.1. The lowest BCUT2D eigenvalue weighted by atomic mass is 10.0. The van der Waals surface area contributed by atoms with E-state index in [0.29, 0.717) is 13.2 Å². The second-order valence-corrected chi connectivity index (χ2v) is 17.4. The van der Waals surface area contributed by atoms with Crippen LogP contribution in [0.5, 0.6) is 11.5 Å². The molecule has 0 bridgehead atoms. The summed E-state index contributed by atoms with van der Waals surface area (Å²) in [6, 6.07) is 84.3. The van der Waals surface area contributed by atoms with Crippen molar-refractivity contribution in [3.63, 3.8) is 0 Å². The Balaban J connectivity index is 0.997. The first kappa shape index (κ1) is 40.6. The van der Waals surface area contributed by atoms with E-state index in [1.54, 1.807) is 11.3 Å². The molecule has 10 aromatic rings. The molecule has 0 N–H and O–H groups in total. The van der Waals surface area contributed by atoms with E-state index < -0.39 is 0 Å². The number of hydrogen-bond acceptors (Lipinski definition) is 5. The van der Waals surface area contributed by atoms with E-state index in [0.717, 1.165) is 72.1 Å². The van der Waals surface area contributed by atoms with E-state index in [2.05, 4.69) is 253 Å². The predicted molar refractivity (Wildman–Crippen MR) is 277 cm³/mol. The molecule has 0 fully saturated rings. The molecule has 0 unspecified atom stereocenters. The maximum Gasteiger partial charge on any atom is 0.197 e. The molecular formula is C61H46N2O2S. The maximum absolute atomic E-state index is 6.60. The van der Waals surface area contributed by atoms with E-state index in [1.807, 2.05) is 0 Å². The summed E-state index contributed by atoms with van der Waals surface area (Å²) in [6.07, 6.45) is 0. The van der Waals surface area contributed by atoms with Crippen LogP contribution in [0.2, 0.25) is 0 Å². The lowest BCUT2D eigenvalue weighted by Crippen LogP contribution is -2.17. The summed E-state index contributed by atoms with van der Waals surface area (Å²) in [5.74, 6) is 1.55. The van der Waals surface area contributed by atoms with Crippen molar-refractivity contribution < 1.29 is 9.47 Å². The molecule has 4 nitrogen and oxygen atoms in total. The first-order valence-electron chi connectivity index (χ1n) is 22.4. The third-order valence-corrected chi connectivity index (χ3v) is 13.4. The highest BCUT2D eigenvalue weighted by Crippen LogP contribution is 2.58. The number of hydrogen-bond donors (Lipinski definition) is 0. The number of ether oxygens (including phenoxy) is 2. The molecule has 0 spiro atoms. The minimum atomic E-state index is 0.475. The Morgan fingerprint density at radius 1 is 0.333 bits per heavy atom. The van der Waals surface area contributed by atoms with Crippen molar-refractivity contribution in [3.8, 4) is 66.4 Å². The largest absolute Gasteiger partial charge is 0.485 e. The van der Waals surface area contributed by atoms with Crippen LogP contribution in [0, 0.1) is 6.92 Å². The lowest BCUT2D eigenvalue weighted by molar-refractivity contribution is 0.175. The average Bonchev–Trinajstić information content (AvgIpc) is 3.77. The molecule has 11 rings (SSSR count). The van der Waals surface area contributed by atoms with E-state index in [-0.39, 0.29) is 0 Å². The summed E-state index contributed by atoms with van der Waals surface area (Å²) in [5.41, 5.74) is 17.0. The molecule has 5 heteroatoms. The van der Waals surface area contributed by atoms with Crippen LogP contribution < -0.4 is 19.3 Å². The van der Waals surface area contributed by atoms with Gasteiger partial charge < -0.3 is 14.4 Å². The van der Waals surface area contributed by atoms with Gasteiger partial charge in [-0.05, 0) is 123 Å². The minimum absolute atomic E-state index is 0.475. The monoisotopic (exact) mass is 870 g/mol. The molecule has 0 atom stereocenters. The van der Waals surface area contributed by atoms with Gasteiger partial charge in [-0.1, -0.05) is 176 Å². The summed E-state index contributed by atoms with van der Waals surface area (Å²) < 4.78 is 13.2. The molecule has 0 amide bonds. The number of benzene rings is 9. The lowest BCUT2D eigenvalue weighted by Gasteiger charge is -2.27. The molecule has 0 saturated heterocycles. The van der Waals surface area contributed by atoms with Crippen LogP contribution in [-0.4, -0.2) is 13.2 Å². The molecular weight excluding hydrogens is 825 g/mol. The van der Waals surface area contributed by atoms with Gasteiger partial charge in [0.1, 0.15) is 18.2 Å². The Morgan fingerprint density at radius 3 is 1.02 bits per heavy atom. The zero-order chi connectivity index (χ0) is 44.2. The molecule has 318 valence electrons. The van der Waals surface area contributed by atoms with Gasteiger partial charge in [0.15, 0.2) is 11.5 Å². The van der Waals surface area contributed by atoms with E-state index in [9.17, 15) is 0 Å². The van der Waals surface area contributed by atoms with Gasteiger partial charge in [0.2, 0.25) is 0 Å². The second-order valence-electron chi connectivity index (χ2n) is 16.4. The fourth-order valence-corrected chi connectivity index (χ4v) is 10.2. The zero-order valence-corrected chi connectivity index (χ0v) is 37.4. The van der Waals surface area contributed by atoms with Gasteiger partial charge in [-0.2, -0.15) is 0 Å². The molecule has 66 heavy (non-hydrogen) atoms. The van der Waals surface area contributed by atoms with Crippen molar-refractivity contribution >= 4 is 44.8 Å². The van der Waals surface area contributed by atoms with Gasteiger partial charge in [-0.3, -0.25) is 4.90 Å². The van der Waals surface area contributed by atoms with Gasteiger partial charge in [-0.25, -0.2) is 0 Å². The Hall–Kier alpha value is -8.12. The van der Waals surface area contributed by atoms with E-state index in [4.69, 9.17) is 9.47 Å². The Kier molecular flexibility index (Phi) is 11.2. The second kappa shape index (κ2) is 18.2. The molecule has 1 aliphatic heterocycles. The van der Waals surface area contributed by atoms with Crippen molar-refractivity contribution in [2.75, 3.05) is 23.0 Å². The summed E-state index contributed by atoms with van der Waals surface area (Å²) in [6.45, 7) is 3.16. The normalized spacial score (nSPS) is 11.8. The summed E-state index contributed by atoms with van der Waals surface area (Å²) in [5, 5.41) is 0.974. The van der Waals surface area contributed by atoms with Gasteiger partial charge >= 0.3 is 0 Å². The van der Waals surface area contributed by atoms with Crippen LogP contribution in [0.15, 0.2) is 237 Å². The first-order valence-corrected chi connectivity index (χ1v) is 23.2. The van der Waals surface area contributed by atoms with Gasteiger partial charge in [0.25, 0.3) is 0 Å².